The molecule has 1 atom stereocenters. The van der Waals surface area contributed by atoms with E-state index < -0.39 is 0 Å². The molecule has 1 aromatic heterocycles. The van der Waals surface area contributed by atoms with E-state index >= 15 is 0 Å². The van der Waals surface area contributed by atoms with Gasteiger partial charge < -0.3 is 4.90 Å². The Bertz CT molecular complexity index is 666. The van der Waals surface area contributed by atoms with Gasteiger partial charge in [0.1, 0.15) is 0 Å². The van der Waals surface area contributed by atoms with Gasteiger partial charge in [0.25, 0.3) is 0 Å². The van der Waals surface area contributed by atoms with E-state index in [2.05, 4.69) is 18.9 Å². The first-order valence-electron chi connectivity index (χ1n) is 7.87. The number of aryl methyl sites for hydroxylation is 2. The first-order valence-corrected chi connectivity index (χ1v) is 8.25. The molecule has 0 bridgehead atoms. The molecule has 0 saturated carbocycles. The van der Waals surface area contributed by atoms with Gasteiger partial charge in [-0.05, 0) is 29.5 Å². The Kier molecular flexibility index (Phi) is 5.83. The summed E-state index contributed by atoms with van der Waals surface area (Å²) in [5.41, 5.74) is 2.08. The molecular formula is C18H24ClN3O. The molecule has 0 saturated heterocycles. The predicted octanol–water partition coefficient (Wildman–Crippen LogP) is 3.86. The van der Waals surface area contributed by atoms with Gasteiger partial charge >= 0.3 is 0 Å². The molecule has 1 amide bonds. The number of halogens is 1. The average molecular weight is 334 g/mol. The van der Waals surface area contributed by atoms with Crippen LogP contribution in [0.4, 0.5) is 0 Å². The number of aromatic nitrogens is 2. The monoisotopic (exact) mass is 333 g/mol. The van der Waals surface area contributed by atoms with Gasteiger partial charge in [0.05, 0.1) is 12.2 Å². The lowest BCUT2D eigenvalue weighted by molar-refractivity contribution is -0.133. The van der Waals surface area contributed by atoms with Crippen LogP contribution >= 0.6 is 11.6 Å². The summed E-state index contributed by atoms with van der Waals surface area (Å²) in [6, 6.07) is 7.72. The third-order valence-corrected chi connectivity index (χ3v) is 4.40. The Balaban J connectivity index is 2.09. The molecule has 4 nitrogen and oxygen atoms in total. The van der Waals surface area contributed by atoms with Crippen LogP contribution in [-0.4, -0.2) is 27.6 Å². The van der Waals surface area contributed by atoms with Gasteiger partial charge in [0.15, 0.2) is 0 Å². The highest BCUT2D eigenvalue weighted by molar-refractivity contribution is 6.31. The molecule has 2 rings (SSSR count). The highest BCUT2D eigenvalue weighted by atomic mass is 35.5. The van der Waals surface area contributed by atoms with Gasteiger partial charge in [0.2, 0.25) is 5.91 Å². The maximum absolute atomic E-state index is 12.6. The molecule has 0 spiro atoms. The van der Waals surface area contributed by atoms with Crippen LogP contribution in [-0.2, 0) is 18.3 Å². The van der Waals surface area contributed by atoms with Crippen molar-refractivity contribution < 1.29 is 4.79 Å². The van der Waals surface area contributed by atoms with E-state index in [0.29, 0.717) is 17.9 Å². The van der Waals surface area contributed by atoms with Crippen LogP contribution < -0.4 is 0 Å². The lowest BCUT2D eigenvalue weighted by atomic mass is 9.94. The molecule has 2 aromatic rings. The summed E-state index contributed by atoms with van der Waals surface area (Å²) in [5, 5.41) is 4.84. The van der Waals surface area contributed by atoms with Crippen LogP contribution in [0, 0.1) is 5.92 Å². The summed E-state index contributed by atoms with van der Waals surface area (Å²) in [6.07, 6.45) is 4.92. The van der Waals surface area contributed by atoms with E-state index in [1.807, 2.05) is 49.5 Å². The molecular weight excluding hydrogens is 310 g/mol. The molecule has 1 aromatic carbocycles. The minimum atomic E-state index is -0.0231. The summed E-state index contributed by atoms with van der Waals surface area (Å²) in [4.78, 5) is 14.4. The van der Waals surface area contributed by atoms with Gasteiger partial charge in [-0.1, -0.05) is 43.6 Å². The van der Waals surface area contributed by atoms with E-state index in [9.17, 15) is 4.79 Å². The molecule has 0 aliphatic rings. The Morgan fingerprint density at radius 1 is 1.35 bits per heavy atom. The van der Waals surface area contributed by atoms with Crippen LogP contribution in [0.1, 0.15) is 37.4 Å². The van der Waals surface area contributed by atoms with E-state index in [1.54, 1.807) is 10.9 Å². The fraction of sp³-hybridized carbons (Fsp3) is 0.444. The van der Waals surface area contributed by atoms with Crippen LogP contribution in [0.2, 0.25) is 5.02 Å². The standard InChI is InChI=1S/C18H24ClN3O/c1-13(2)18(15-7-5-6-8-16(15)19)22(4)17(23)10-9-14-11-20-21(3)12-14/h5-8,11-13,18H,9-10H2,1-4H3. The van der Waals surface area contributed by atoms with Gasteiger partial charge in [-0.3, -0.25) is 9.48 Å². The maximum atomic E-state index is 12.6. The Morgan fingerprint density at radius 2 is 2.04 bits per heavy atom. The first-order chi connectivity index (χ1) is 10.9. The predicted molar refractivity (Wildman–Crippen MR) is 93.3 cm³/mol. The Hall–Kier alpha value is -1.81. The van der Waals surface area contributed by atoms with Crippen LogP contribution in [0.5, 0.6) is 0 Å². The van der Waals surface area contributed by atoms with Crippen molar-refractivity contribution in [1.82, 2.24) is 14.7 Å². The highest BCUT2D eigenvalue weighted by Gasteiger charge is 2.26. The van der Waals surface area contributed by atoms with Crippen molar-refractivity contribution in [2.45, 2.75) is 32.7 Å². The molecule has 1 unspecified atom stereocenters. The second-order valence-corrected chi connectivity index (χ2v) is 6.64. The normalized spacial score (nSPS) is 12.4. The molecule has 0 N–H and O–H groups in total. The van der Waals surface area contributed by atoms with Crippen molar-refractivity contribution in [3.63, 3.8) is 0 Å². The number of hydrogen-bond acceptors (Lipinski definition) is 2. The van der Waals surface area contributed by atoms with E-state index in [4.69, 9.17) is 11.6 Å². The minimum Gasteiger partial charge on any atom is -0.338 e. The summed E-state index contributed by atoms with van der Waals surface area (Å²) in [5.74, 6) is 0.398. The van der Waals surface area contributed by atoms with Crippen molar-refractivity contribution in [3.05, 3.63) is 52.8 Å². The number of carbonyl (C=O) groups is 1. The molecule has 23 heavy (non-hydrogen) atoms. The molecule has 1 heterocycles. The molecule has 0 fully saturated rings. The molecule has 0 aliphatic heterocycles. The topological polar surface area (TPSA) is 38.1 Å². The van der Waals surface area contributed by atoms with Gasteiger partial charge in [-0.2, -0.15) is 5.10 Å². The molecule has 0 aliphatic carbocycles. The van der Waals surface area contributed by atoms with Gasteiger partial charge in [-0.15, -0.1) is 0 Å². The van der Waals surface area contributed by atoms with Crippen molar-refractivity contribution in [2.75, 3.05) is 7.05 Å². The van der Waals surface area contributed by atoms with Crippen molar-refractivity contribution in [2.24, 2.45) is 13.0 Å². The maximum Gasteiger partial charge on any atom is 0.223 e. The van der Waals surface area contributed by atoms with Crippen molar-refractivity contribution >= 4 is 17.5 Å². The average Bonchev–Trinajstić information content (AvgIpc) is 2.92. The number of rotatable bonds is 6. The fourth-order valence-electron chi connectivity index (χ4n) is 2.91. The van der Waals surface area contributed by atoms with E-state index in [-0.39, 0.29) is 17.9 Å². The largest absolute Gasteiger partial charge is 0.338 e. The second kappa shape index (κ2) is 7.64. The van der Waals surface area contributed by atoms with E-state index in [0.717, 1.165) is 11.1 Å². The Morgan fingerprint density at radius 3 is 2.61 bits per heavy atom. The van der Waals surface area contributed by atoms with Crippen LogP contribution in [0.25, 0.3) is 0 Å². The summed E-state index contributed by atoms with van der Waals surface area (Å²) < 4.78 is 1.75. The minimum absolute atomic E-state index is 0.0231. The zero-order valence-corrected chi connectivity index (χ0v) is 14.9. The summed E-state index contributed by atoms with van der Waals surface area (Å²) in [6.45, 7) is 4.22. The SMILES string of the molecule is CC(C)C(c1ccccc1Cl)N(C)C(=O)CCc1cnn(C)c1. The fourth-order valence-corrected chi connectivity index (χ4v) is 3.16. The number of benzene rings is 1. The third kappa shape index (κ3) is 4.35. The van der Waals surface area contributed by atoms with Gasteiger partial charge in [-0.25, -0.2) is 0 Å². The second-order valence-electron chi connectivity index (χ2n) is 6.24. The number of nitrogens with zero attached hydrogens (tertiary/aromatic N) is 3. The van der Waals surface area contributed by atoms with E-state index in [1.165, 1.54) is 0 Å². The zero-order valence-electron chi connectivity index (χ0n) is 14.2. The summed E-state index contributed by atoms with van der Waals surface area (Å²) >= 11 is 6.34. The lowest BCUT2D eigenvalue weighted by Crippen LogP contribution is -2.34. The lowest BCUT2D eigenvalue weighted by Gasteiger charge is -2.32. The Labute approximate surface area is 143 Å². The zero-order chi connectivity index (χ0) is 17.0. The number of carbonyl (C=O) groups excluding carboxylic acids is 1. The first kappa shape index (κ1) is 17.5. The quantitative estimate of drug-likeness (QED) is 0.805. The molecule has 124 valence electrons. The third-order valence-electron chi connectivity index (χ3n) is 4.05. The molecule has 0 radical (unpaired) electrons. The van der Waals surface area contributed by atoms with Crippen molar-refractivity contribution in [3.8, 4) is 0 Å². The summed E-state index contributed by atoms with van der Waals surface area (Å²) in [7, 11) is 3.74. The molecule has 5 heteroatoms. The number of amides is 1. The van der Waals surface area contributed by atoms with Crippen LogP contribution in [0.3, 0.4) is 0 Å². The van der Waals surface area contributed by atoms with Crippen molar-refractivity contribution in [1.29, 1.82) is 0 Å². The number of hydrogen-bond donors (Lipinski definition) is 0. The smallest absolute Gasteiger partial charge is 0.223 e. The van der Waals surface area contributed by atoms with Crippen LogP contribution in [0.15, 0.2) is 36.7 Å². The highest BCUT2D eigenvalue weighted by Crippen LogP contribution is 2.32. The van der Waals surface area contributed by atoms with Gasteiger partial charge in [0, 0.05) is 31.7 Å².